The van der Waals surface area contributed by atoms with Gasteiger partial charge in [-0.05, 0) is 166 Å². The molecule has 19 nitrogen and oxygen atoms in total. The molecule has 0 fully saturated rings. The number of benzene rings is 8. The zero-order valence-electron chi connectivity index (χ0n) is 59.1. The van der Waals surface area contributed by atoms with Crippen molar-refractivity contribution in [2.24, 2.45) is 0 Å². The summed E-state index contributed by atoms with van der Waals surface area (Å²) in [5, 5.41) is 26.0. The van der Waals surface area contributed by atoms with Crippen molar-refractivity contribution in [3.8, 4) is 28.4 Å². The minimum Gasteiger partial charge on any atom is -0.494 e. The molecule has 0 amide bonds. The van der Waals surface area contributed by atoms with Crippen LogP contribution in [0.15, 0.2) is 260 Å². The predicted molar refractivity (Wildman–Crippen MR) is 438 cm³/mol. The molecule has 16 aromatic rings. The third kappa shape index (κ3) is 23.2. The summed E-state index contributed by atoms with van der Waals surface area (Å²) >= 11 is 14.4. The van der Waals surface area contributed by atoms with E-state index >= 15 is 0 Å². The van der Waals surface area contributed by atoms with Crippen LogP contribution in [0.4, 0.5) is 9.59 Å². The van der Waals surface area contributed by atoms with Crippen molar-refractivity contribution in [2.75, 3.05) is 21.3 Å². The molecule has 0 spiro atoms. The zero-order valence-corrected chi connectivity index (χ0v) is 67.5. The van der Waals surface area contributed by atoms with Gasteiger partial charge < -0.3 is 59.0 Å². The minimum atomic E-state index is -0.588. The Kier molecular flexibility index (Phi) is 32.9. The van der Waals surface area contributed by atoms with E-state index in [-0.39, 0.29) is 74.5 Å². The van der Waals surface area contributed by atoms with Crippen LogP contribution in [-0.4, -0.2) is 115 Å². The number of nitrogens with one attached hydrogen (secondary N) is 4. The molecule has 8 N–H and O–H groups in total. The van der Waals surface area contributed by atoms with Crippen molar-refractivity contribution in [2.45, 2.75) is 60.2 Å². The molecule has 25 heteroatoms. The fourth-order valence-electron chi connectivity index (χ4n) is 10.6. The van der Waals surface area contributed by atoms with E-state index in [0.29, 0.717) is 21.4 Å². The fourth-order valence-corrected chi connectivity index (χ4v) is 11.5. The summed E-state index contributed by atoms with van der Waals surface area (Å²) in [7, 11) is 7.52. The van der Waals surface area contributed by atoms with Crippen LogP contribution in [0.25, 0.3) is 110 Å². The van der Waals surface area contributed by atoms with E-state index < -0.39 is 24.6 Å². The van der Waals surface area contributed by atoms with Crippen molar-refractivity contribution >= 4 is 161 Å². The smallest absolute Gasteiger partial charge is 0.494 e. The van der Waals surface area contributed by atoms with Crippen LogP contribution in [0, 0.1) is 47.6 Å². The number of carbonyl (C=O) groups excluding carboxylic acids is 2. The number of aromatic hydroxyl groups is 1. The molecule has 0 saturated carbocycles. The number of pyridine rings is 3. The second-order valence-electron chi connectivity index (χ2n) is 24.8. The van der Waals surface area contributed by atoms with Gasteiger partial charge in [-0.1, -0.05) is 176 Å². The SMILES string of the molecule is C.CC(C)(C)OC(=O)n1c(O)cc2ccccc21.CC(C)(C)OC(=O)n1ccc2ccccc21.COB(OC)OC.Clc1nc2ccccc2cc1-c1cc2ccccc2[nH]1.Clc1nc2ccccc2cc1I.O.O=c1[nH]c2ccccc2cc1-c1cc2ccccc2[nH]1.[Ac].[B]O.c1ccc2[nH]ccc2c1. The summed E-state index contributed by atoms with van der Waals surface area (Å²) in [5.41, 5.74) is 9.88. The molecule has 8 aromatic heterocycles. The molecule has 0 saturated heterocycles. The molecule has 541 valence electrons. The van der Waals surface area contributed by atoms with Gasteiger partial charge >= 0.3 is 19.5 Å². The Bertz CT molecular complexity index is 5430. The molecule has 0 unspecified atom stereocenters. The second kappa shape index (κ2) is 40.6. The van der Waals surface area contributed by atoms with Gasteiger partial charge in [0.1, 0.15) is 21.5 Å². The molecule has 0 atom stereocenters. The number of nitrogens with zero attached hydrogens (tertiary/aromatic N) is 4. The van der Waals surface area contributed by atoms with Gasteiger partial charge in [-0.3, -0.25) is 9.36 Å². The largest absolute Gasteiger partial charge is 0.638 e. The molecule has 0 aliphatic rings. The topological polar surface area (TPSA) is 268 Å². The average molecular weight is 1790 g/mol. The van der Waals surface area contributed by atoms with E-state index in [1.165, 1.54) is 46.8 Å². The van der Waals surface area contributed by atoms with E-state index in [9.17, 15) is 19.5 Å². The van der Waals surface area contributed by atoms with E-state index in [1.54, 1.807) is 39.1 Å². The number of fused-ring (bicyclic) bond motifs is 8. The Morgan fingerprint density at radius 3 is 1.40 bits per heavy atom. The summed E-state index contributed by atoms with van der Waals surface area (Å²) in [6.45, 7) is 10.9. The van der Waals surface area contributed by atoms with Crippen molar-refractivity contribution in [1.29, 1.82) is 0 Å². The number of aromatic nitrogens is 8. The average Bonchev–Trinajstić information content (AvgIpc) is 1.60. The maximum Gasteiger partial charge on any atom is 0.638 e. The van der Waals surface area contributed by atoms with E-state index in [4.69, 9.17) is 37.7 Å². The summed E-state index contributed by atoms with van der Waals surface area (Å²) in [4.78, 5) is 57.5. The van der Waals surface area contributed by atoms with Crippen molar-refractivity contribution in [3.05, 3.63) is 279 Å². The van der Waals surface area contributed by atoms with Gasteiger partial charge in [-0.25, -0.2) is 24.1 Å². The molecular formula is C81H81AcB2Cl2IN8O11. The van der Waals surface area contributed by atoms with E-state index in [1.807, 2.05) is 215 Å². The first kappa shape index (κ1) is 85.8. The maximum absolute atomic E-state index is 12.2. The molecule has 8 heterocycles. The van der Waals surface area contributed by atoms with Gasteiger partial charge in [0.25, 0.3) is 13.6 Å². The third-order valence-corrected chi connectivity index (χ3v) is 16.9. The minimum absolute atomic E-state index is 0. The molecule has 0 aliphatic carbocycles. The van der Waals surface area contributed by atoms with Gasteiger partial charge in [0.15, 0.2) is 0 Å². The van der Waals surface area contributed by atoms with Crippen molar-refractivity contribution < 1.29 is 92.7 Å². The number of ether oxygens (including phenoxy) is 2. The molecule has 16 rings (SSSR count). The van der Waals surface area contributed by atoms with Gasteiger partial charge in [-0.15, -0.1) is 0 Å². The van der Waals surface area contributed by atoms with Crippen LogP contribution >= 0.6 is 45.8 Å². The van der Waals surface area contributed by atoms with Crippen LogP contribution in [0.2, 0.25) is 10.3 Å². The number of aromatic amines is 4. The van der Waals surface area contributed by atoms with E-state index in [0.717, 1.165) is 85.9 Å². The normalized spacial score (nSPS) is 10.6. The Hall–Kier alpha value is -9.09. The standard InChI is InChI=1S/C17H11ClN2.C17H12N2O.C13H15NO3.C13H15NO2.C9H5ClIN.C8H7N.C3H9BO3.CH4.Ac.BHO.H2O/c18-17-13(9-11-5-1-4-8-15(11)20-17)16-10-12-6-2-3-7-14(12)19-16;20-17-13(9-11-5-1-4-8-15(11)19-17)16-10-12-6-2-3-7-14(12)18-16;1-13(2,3)17-12(16)14-10-7-5-4-6-9(10)8-11(14)15;1-13(2,3)16-12(15)14-9-8-10-6-4-5-7-11(10)14;10-9-7(11)5-6-3-1-2-4-8(6)12-9;1-2-4-8-7(3-1)5-6-9-8;1-5-4(6-2)7-3;;;1-2;/h1-10,19H;1-10,18H,(H,19,20);4-8,15H,1-3H3;4-9H,1-3H3;1-5H;1-6,9H;1-3H3;1H4;;2H;1H2. The molecule has 106 heavy (non-hydrogen) atoms. The summed E-state index contributed by atoms with van der Waals surface area (Å²) < 4.78 is 28.1. The Morgan fingerprint density at radius 2 is 0.887 bits per heavy atom. The number of para-hydroxylation sites is 8. The number of rotatable bonds is 5. The number of hydrogen-bond acceptors (Lipinski definition) is 12. The monoisotopic (exact) mass is 1790 g/mol. The molecule has 0 aliphatic heterocycles. The Balaban J connectivity index is 0.000000196. The van der Waals surface area contributed by atoms with Crippen LogP contribution < -0.4 is 5.56 Å². The van der Waals surface area contributed by atoms with Crippen LogP contribution in [0.3, 0.4) is 0 Å². The molecule has 0 bridgehead atoms. The van der Waals surface area contributed by atoms with Crippen molar-refractivity contribution in [1.82, 2.24) is 39.0 Å². The third-order valence-electron chi connectivity index (χ3n) is 15.2. The molecule has 8 aromatic carbocycles. The Labute approximate surface area is 675 Å². The first-order valence-electron chi connectivity index (χ1n) is 32.3. The van der Waals surface area contributed by atoms with Crippen LogP contribution in [0.5, 0.6) is 5.88 Å². The first-order valence-corrected chi connectivity index (χ1v) is 34.1. The number of halogens is 3. The van der Waals surface area contributed by atoms with E-state index in [2.05, 4.69) is 117 Å². The van der Waals surface area contributed by atoms with Crippen molar-refractivity contribution in [3.63, 3.8) is 0 Å². The first-order chi connectivity index (χ1) is 49.6. The Morgan fingerprint density at radius 1 is 0.481 bits per heavy atom. The number of hydrogen-bond donors (Lipinski definition) is 6. The zero-order chi connectivity index (χ0) is 73.8. The quantitative estimate of drug-likeness (QED) is 0.0534. The second-order valence-corrected chi connectivity index (χ2v) is 26.7. The number of carbonyl (C=O) groups is 2. The van der Waals surface area contributed by atoms with Gasteiger partial charge in [-0.2, -0.15) is 0 Å². The molecule has 3 radical (unpaired) electrons. The summed E-state index contributed by atoms with van der Waals surface area (Å²) in [6.07, 6.45) is 2.77. The molecular weight excluding hydrogens is 1710 g/mol. The predicted octanol–water partition coefficient (Wildman–Crippen LogP) is 19.7. The van der Waals surface area contributed by atoms with Gasteiger partial charge in [0, 0.05) is 149 Å². The van der Waals surface area contributed by atoms with Gasteiger partial charge in [0.2, 0.25) is 5.88 Å². The van der Waals surface area contributed by atoms with Gasteiger partial charge in [0.05, 0.1) is 36.9 Å². The summed E-state index contributed by atoms with van der Waals surface area (Å²) in [6, 6.07) is 78.8. The number of H-pyrrole nitrogens is 4. The van der Waals surface area contributed by atoms with Crippen LogP contribution in [0.1, 0.15) is 49.0 Å². The van der Waals surface area contributed by atoms with Crippen LogP contribution in [-0.2, 0) is 23.4 Å². The fraction of sp³-hybridized carbons (Fsp3) is 0.148. The summed E-state index contributed by atoms with van der Waals surface area (Å²) in [5.74, 6) is -0.111. The maximum atomic E-state index is 12.2.